The van der Waals surface area contributed by atoms with Crippen molar-refractivity contribution in [2.75, 3.05) is 5.32 Å². The van der Waals surface area contributed by atoms with Crippen LogP contribution in [-0.2, 0) is 6.54 Å². The maximum atomic E-state index is 6.14. The molecule has 18 heavy (non-hydrogen) atoms. The number of hydrogen-bond acceptors (Lipinski definition) is 5. The summed E-state index contributed by atoms with van der Waals surface area (Å²) < 4.78 is 9.37. The molecule has 0 unspecified atom stereocenters. The molecule has 0 aliphatic heterocycles. The third-order valence-electron chi connectivity index (χ3n) is 2.17. The largest absolute Gasteiger partial charge is 0.489 e. The summed E-state index contributed by atoms with van der Waals surface area (Å²) in [6.45, 7) is 4.58. The Morgan fingerprint density at radius 2 is 2.28 bits per heavy atom. The quantitative estimate of drug-likeness (QED) is 0.911. The fourth-order valence-corrected chi connectivity index (χ4v) is 2.09. The zero-order valence-corrected chi connectivity index (χ0v) is 11.8. The number of nitrogens with one attached hydrogen (secondary N) is 1. The maximum Gasteiger partial charge on any atom is 0.138 e. The molecule has 96 valence electrons. The van der Waals surface area contributed by atoms with Gasteiger partial charge >= 0.3 is 0 Å². The van der Waals surface area contributed by atoms with Gasteiger partial charge in [0.1, 0.15) is 5.75 Å². The minimum absolute atomic E-state index is 0.113. The standard InChI is InChI=1S/C12H14ClN3OS/c1-8(2)17-12-4-3-9(5-11(12)13)14-6-10-7-18-16-15-10/h3-5,7-8,14H,6H2,1-2H3. The summed E-state index contributed by atoms with van der Waals surface area (Å²) in [5.74, 6) is 0.701. The van der Waals surface area contributed by atoms with E-state index in [0.717, 1.165) is 11.4 Å². The topological polar surface area (TPSA) is 47.0 Å². The van der Waals surface area contributed by atoms with Crippen molar-refractivity contribution in [2.45, 2.75) is 26.5 Å². The predicted octanol–water partition coefficient (Wildman–Crippen LogP) is 3.59. The van der Waals surface area contributed by atoms with E-state index in [0.29, 0.717) is 17.3 Å². The van der Waals surface area contributed by atoms with Gasteiger partial charge in [0.15, 0.2) is 0 Å². The molecule has 0 saturated heterocycles. The van der Waals surface area contributed by atoms with Gasteiger partial charge in [-0.1, -0.05) is 16.1 Å². The van der Waals surface area contributed by atoms with Crippen molar-refractivity contribution in [3.8, 4) is 5.75 Å². The lowest BCUT2D eigenvalue weighted by atomic mass is 10.3. The number of anilines is 1. The van der Waals surface area contributed by atoms with Crippen LogP contribution < -0.4 is 10.1 Å². The SMILES string of the molecule is CC(C)Oc1ccc(NCc2csnn2)cc1Cl. The van der Waals surface area contributed by atoms with Gasteiger partial charge in [0, 0.05) is 11.1 Å². The lowest BCUT2D eigenvalue weighted by Crippen LogP contribution is -2.06. The van der Waals surface area contributed by atoms with E-state index in [1.807, 2.05) is 37.4 Å². The molecule has 0 aliphatic rings. The summed E-state index contributed by atoms with van der Waals surface area (Å²) in [6.07, 6.45) is 0.113. The van der Waals surface area contributed by atoms with Crippen LogP contribution >= 0.6 is 23.1 Å². The molecule has 0 fully saturated rings. The molecule has 2 rings (SSSR count). The second-order valence-electron chi connectivity index (χ2n) is 4.06. The van der Waals surface area contributed by atoms with E-state index in [4.69, 9.17) is 16.3 Å². The van der Waals surface area contributed by atoms with E-state index in [-0.39, 0.29) is 6.10 Å². The Balaban J connectivity index is 2.00. The van der Waals surface area contributed by atoms with Gasteiger partial charge < -0.3 is 10.1 Å². The van der Waals surface area contributed by atoms with Crippen molar-refractivity contribution >= 4 is 28.8 Å². The Hall–Kier alpha value is -1.33. The normalized spacial score (nSPS) is 10.7. The van der Waals surface area contributed by atoms with E-state index in [2.05, 4.69) is 14.9 Å². The van der Waals surface area contributed by atoms with E-state index in [1.165, 1.54) is 11.5 Å². The van der Waals surface area contributed by atoms with Crippen molar-refractivity contribution < 1.29 is 4.74 Å². The first-order valence-corrected chi connectivity index (χ1v) is 6.82. The fraction of sp³-hybridized carbons (Fsp3) is 0.333. The van der Waals surface area contributed by atoms with Crippen LogP contribution in [0.1, 0.15) is 19.5 Å². The molecule has 4 nitrogen and oxygen atoms in total. The average Bonchev–Trinajstić information content (AvgIpc) is 2.82. The fourth-order valence-electron chi connectivity index (χ4n) is 1.41. The van der Waals surface area contributed by atoms with Crippen molar-refractivity contribution in [1.29, 1.82) is 0 Å². The number of ether oxygens (including phenoxy) is 1. The molecule has 6 heteroatoms. The lowest BCUT2D eigenvalue weighted by molar-refractivity contribution is 0.242. The highest BCUT2D eigenvalue weighted by Gasteiger charge is 2.05. The van der Waals surface area contributed by atoms with Gasteiger partial charge in [-0.05, 0) is 43.6 Å². The van der Waals surface area contributed by atoms with Gasteiger partial charge in [-0.25, -0.2) is 0 Å². The van der Waals surface area contributed by atoms with Crippen LogP contribution in [0.4, 0.5) is 5.69 Å². The smallest absolute Gasteiger partial charge is 0.138 e. The van der Waals surface area contributed by atoms with Gasteiger partial charge in [0.25, 0.3) is 0 Å². The number of nitrogens with zero attached hydrogens (tertiary/aromatic N) is 2. The lowest BCUT2D eigenvalue weighted by Gasteiger charge is -2.12. The summed E-state index contributed by atoms with van der Waals surface area (Å²) in [5.41, 5.74) is 1.85. The van der Waals surface area contributed by atoms with Crippen molar-refractivity contribution in [2.24, 2.45) is 0 Å². The Bertz CT molecular complexity index is 502. The Morgan fingerprint density at radius 1 is 1.44 bits per heavy atom. The first-order valence-electron chi connectivity index (χ1n) is 5.61. The van der Waals surface area contributed by atoms with Crippen LogP contribution in [-0.4, -0.2) is 15.7 Å². The summed E-state index contributed by atoms with van der Waals surface area (Å²) in [6, 6.07) is 5.65. The van der Waals surface area contributed by atoms with Crippen LogP contribution in [0.25, 0.3) is 0 Å². The van der Waals surface area contributed by atoms with Crippen LogP contribution in [0.15, 0.2) is 23.6 Å². The number of benzene rings is 1. The molecule has 0 saturated carbocycles. The minimum Gasteiger partial charge on any atom is -0.489 e. The molecule has 0 bridgehead atoms. The van der Waals surface area contributed by atoms with E-state index in [1.54, 1.807) is 0 Å². The number of halogens is 1. The highest BCUT2D eigenvalue weighted by molar-refractivity contribution is 7.03. The number of aromatic nitrogens is 2. The van der Waals surface area contributed by atoms with Crippen LogP contribution in [0.5, 0.6) is 5.75 Å². The Kier molecular flexibility index (Phi) is 4.38. The van der Waals surface area contributed by atoms with Gasteiger partial charge in [0.05, 0.1) is 23.4 Å². The van der Waals surface area contributed by atoms with E-state index < -0.39 is 0 Å². The zero-order valence-electron chi connectivity index (χ0n) is 10.2. The predicted molar refractivity (Wildman–Crippen MR) is 74.5 cm³/mol. The molecule has 1 aromatic heterocycles. The molecular weight excluding hydrogens is 270 g/mol. The minimum atomic E-state index is 0.113. The van der Waals surface area contributed by atoms with Gasteiger partial charge in [0.2, 0.25) is 0 Å². The highest BCUT2D eigenvalue weighted by Crippen LogP contribution is 2.28. The molecule has 2 aromatic rings. The monoisotopic (exact) mass is 283 g/mol. The molecule has 0 spiro atoms. The van der Waals surface area contributed by atoms with Crippen LogP contribution in [0, 0.1) is 0 Å². The summed E-state index contributed by atoms with van der Waals surface area (Å²) in [4.78, 5) is 0. The zero-order chi connectivity index (χ0) is 13.0. The van der Waals surface area contributed by atoms with E-state index >= 15 is 0 Å². The third kappa shape index (κ3) is 3.58. The molecule has 0 amide bonds. The second kappa shape index (κ2) is 6.02. The van der Waals surface area contributed by atoms with Crippen molar-refractivity contribution in [3.05, 3.63) is 34.3 Å². The molecule has 0 radical (unpaired) electrons. The number of hydrogen-bond donors (Lipinski definition) is 1. The molecule has 1 aromatic carbocycles. The highest BCUT2D eigenvalue weighted by atomic mass is 35.5. The Labute approximate surface area is 115 Å². The maximum absolute atomic E-state index is 6.14. The molecule has 1 heterocycles. The first-order chi connectivity index (χ1) is 8.65. The second-order valence-corrected chi connectivity index (χ2v) is 5.08. The molecular formula is C12H14ClN3OS. The number of rotatable bonds is 5. The average molecular weight is 284 g/mol. The summed E-state index contributed by atoms with van der Waals surface area (Å²) >= 11 is 7.48. The van der Waals surface area contributed by atoms with Gasteiger partial charge in [-0.15, -0.1) is 5.10 Å². The van der Waals surface area contributed by atoms with Gasteiger partial charge in [-0.3, -0.25) is 0 Å². The Morgan fingerprint density at radius 3 is 2.89 bits per heavy atom. The van der Waals surface area contributed by atoms with E-state index in [9.17, 15) is 0 Å². The van der Waals surface area contributed by atoms with Crippen LogP contribution in [0.2, 0.25) is 5.02 Å². The van der Waals surface area contributed by atoms with Gasteiger partial charge in [-0.2, -0.15) is 0 Å². The molecule has 1 N–H and O–H groups in total. The first kappa shape index (κ1) is 13.1. The summed E-state index contributed by atoms with van der Waals surface area (Å²) in [7, 11) is 0. The summed E-state index contributed by atoms with van der Waals surface area (Å²) in [5, 5.41) is 9.70. The third-order valence-corrected chi connectivity index (χ3v) is 3.02. The van der Waals surface area contributed by atoms with Crippen molar-refractivity contribution in [3.63, 3.8) is 0 Å². The van der Waals surface area contributed by atoms with Crippen molar-refractivity contribution in [1.82, 2.24) is 9.59 Å². The molecule has 0 aliphatic carbocycles. The van der Waals surface area contributed by atoms with Crippen LogP contribution in [0.3, 0.4) is 0 Å². The molecule has 0 atom stereocenters.